The Hall–Kier alpha value is -0.940. The second kappa shape index (κ2) is 9.15. The summed E-state index contributed by atoms with van der Waals surface area (Å²) in [5.74, 6) is 0. The van der Waals surface area contributed by atoms with Crippen LogP contribution in [0.15, 0.2) is 6.20 Å². The Morgan fingerprint density at radius 2 is 2.10 bits per heavy atom. The van der Waals surface area contributed by atoms with E-state index in [4.69, 9.17) is 0 Å². The molecule has 0 unspecified atom stereocenters. The molecule has 1 saturated carbocycles. The second-order valence-corrected chi connectivity index (χ2v) is 6.07. The fraction of sp³-hybridized carbons (Fsp3) is 0.875. The van der Waals surface area contributed by atoms with Gasteiger partial charge in [0, 0.05) is 25.3 Å². The summed E-state index contributed by atoms with van der Waals surface area (Å²) in [6.45, 7) is 9.50. The fourth-order valence-electron chi connectivity index (χ4n) is 3.20. The summed E-state index contributed by atoms with van der Waals surface area (Å²) >= 11 is 0. The van der Waals surface area contributed by atoms with Crippen LogP contribution in [0.3, 0.4) is 0 Å². The molecule has 0 atom stereocenters. The lowest BCUT2D eigenvalue weighted by molar-refractivity contribution is 0.156. The highest BCUT2D eigenvalue weighted by Gasteiger charge is 2.19. The third kappa shape index (κ3) is 5.40. The Kier molecular flexibility index (Phi) is 7.16. The van der Waals surface area contributed by atoms with Crippen molar-refractivity contribution in [2.75, 3.05) is 19.6 Å². The van der Waals surface area contributed by atoms with Gasteiger partial charge in [-0.25, -0.2) is 0 Å². The summed E-state index contributed by atoms with van der Waals surface area (Å²) in [5, 5.41) is 11.8. The van der Waals surface area contributed by atoms with Crippen molar-refractivity contribution in [2.45, 2.75) is 71.5 Å². The molecule has 0 saturated heterocycles. The quantitative estimate of drug-likeness (QED) is 0.710. The van der Waals surface area contributed by atoms with Crippen LogP contribution in [0.5, 0.6) is 0 Å². The number of hydrogen-bond donors (Lipinski definition) is 1. The van der Waals surface area contributed by atoms with Gasteiger partial charge in [-0.15, -0.1) is 5.10 Å². The van der Waals surface area contributed by atoms with Crippen molar-refractivity contribution in [3.63, 3.8) is 0 Å². The summed E-state index contributed by atoms with van der Waals surface area (Å²) in [4.78, 5) is 2.62. The summed E-state index contributed by atoms with van der Waals surface area (Å²) in [7, 11) is 0. The van der Waals surface area contributed by atoms with Crippen molar-refractivity contribution in [1.29, 1.82) is 0 Å². The van der Waals surface area contributed by atoms with Gasteiger partial charge in [0.25, 0.3) is 0 Å². The molecular formula is C16H31N5. The molecule has 1 aliphatic carbocycles. The average Bonchev–Trinajstić information content (AvgIpc) is 2.97. The monoisotopic (exact) mass is 293 g/mol. The largest absolute Gasteiger partial charge is 0.311 e. The predicted molar refractivity (Wildman–Crippen MR) is 86.1 cm³/mol. The van der Waals surface area contributed by atoms with Crippen molar-refractivity contribution in [3.8, 4) is 0 Å². The molecule has 0 aliphatic heterocycles. The zero-order chi connectivity index (χ0) is 14.9. The Bertz CT molecular complexity index is 384. The van der Waals surface area contributed by atoms with E-state index >= 15 is 0 Å². The minimum atomic E-state index is 0.790. The molecule has 0 spiro atoms. The zero-order valence-electron chi connectivity index (χ0n) is 13.7. The first kappa shape index (κ1) is 16.4. The van der Waals surface area contributed by atoms with Crippen molar-refractivity contribution in [2.24, 2.45) is 0 Å². The number of likely N-dealkylation sites (N-methyl/N-ethyl adjacent to an activating group) is 1. The summed E-state index contributed by atoms with van der Waals surface area (Å²) in [6, 6.07) is 0.790. The molecule has 21 heavy (non-hydrogen) atoms. The van der Waals surface area contributed by atoms with Crippen LogP contribution >= 0.6 is 0 Å². The first-order valence-corrected chi connectivity index (χ1v) is 8.67. The normalized spacial score (nSPS) is 16.7. The van der Waals surface area contributed by atoms with Crippen LogP contribution in [0.1, 0.15) is 58.1 Å². The van der Waals surface area contributed by atoms with Crippen LogP contribution in [-0.2, 0) is 13.1 Å². The van der Waals surface area contributed by atoms with Crippen LogP contribution in [0.2, 0.25) is 0 Å². The summed E-state index contributed by atoms with van der Waals surface area (Å²) in [5.41, 5.74) is 1.05. The van der Waals surface area contributed by atoms with Gasteiger partial charge in [-0.2, -0.15) is 0 Å². The number of nitrogens with zero attached hydrogens (tertiary/aromatic N) is 4. The van der Waals surface area contributed by atoms with Crippen LogP contribution in [0.25, 0.3) is 0 Å². The molecule has 5 nitrogen and oxygen atoms in total. The maximum absolute atomic E-state index is 4.25. The van der Waals surface area contributed by atoms with Gasteiger partial charge in [0.1, 0.15) is 0 Å². The van der Waals surface area contributed by atoms with E-state index < -0.39 is 0 Å². The van der Waals surface area contributed by atoms with E-state index in [0.29, 0.717) is 0 Å². The standard InChI is InChI=1S/C16H31N5/c1-3-10-17-13-15-14-21(19-18-15)12-11-20(4-2)16-8-6-5-7-9-16/h14,16-17H,3-13H2,1-2H3. The maximum atomic E-state index is 4.25. The third-order valence-electron chi connectivity index (χ3n) is 4.43. The van der Waals surface area contributed by atoms with Crippen molar-refractivity contribution in [3.05, 3.63) is 11.9 Å². The lowest BCUT2D eigenvalue weighted by Gasteiger charge is -2.33. The molecule has 2 rings (SSSR count). The van der Waals surface area contributed by atoms with Gasteiger partial charge in [0.05, 0.1) is 12.2 Å². The van der Waals surface area contributed by atoms with Gasteiger partial charge in [0.2, 0.25) is 0 Å². The lowest BCUT2D eigenvalue weighted by atomic mass is 9.94. The minimum absolute atomic E-state index is 0.790. The Labute approximate surface area is 129 Å². The molecule has 0 amide bonds. The molecule has 5 heteroatoms. The van der Waals surface area contributed by atoms with Crippen LogP contribution in [-0.4, -0.2) is 45.6 Å². The second-order valence-electron chi connectivity index (χ2n) is 6.07. The van der Waals surface area contributed by atoms with E-state index in [0.717, 1.165) is 50.9 Å². The average molecular weight is 293 g/mol. The summed E-state index contributed by atoms with van der Waals surface area (Å²) in [6.07, 6.45) is 10.2. The number of aromatic nitrogens is 3. The van der Waals surface area contributed by atoms with E-state index in [-0.39, 0.29) is 0 Å². The smallest absolute Gasteiger partial charge is 0.0964 e. The van der Waals surface area contributed by atoms with E-state index in [1.807, 2.05) is 4.68 Å². The molecule has 1 heterocycles. The highest BCUT2D eigenvalue weighted by Crippen LogP contribution is 2.22. The van der Waals surface area contributed by atoms with Crippen LogP contribution < -0.4 is 5.32 Å². The number of hydrogen-bond acceptors (Lipinski definition) is 4. The van der Waals surface area contributed by atoms with Gasteiger partial charge in [-0.05, 0) is 32.4 Å². The van der Waals surface area contributed by atoms with Gasteiger partial charge < -0.3 is 5.32 Å². The molecular weight excluding hydrogens is 262 g/mol. The molecule has 1 N–H and O–H groups in total. The third-order valence-corrected chi connectivity index (χ3v) is 4.43. The molecule has 0 bridgehead atoms. The Balaban J connectivity index is 1.75. The molecule has 0 radical (unpaired) electrons. The molecule has 0 aromatic carbocycles. The van der Waals surface area contributed by atoms with Gasteiger partial charge in [-0.3, -0.25) is 9.58 Å². The van der Waals surface area contributed by atoms with Crippen molar-refractivity contribution in [1.82, 2.24) is 25.2 Å². The first-order chi connectivity index (χ1) is 10.3. The highest BCUT2D eigenvalue weighted by atomic mass is 15.4. The fourth-order valence-corrected chi connectivity index (χ4v) is 3.20. The Morgan fingerprint density at radius 3 is 2.81 bits per heavy atom. The zero-order valence-corrected chi connectivity index (χ0v) is 13.7. The van der Waals surface area contributed by atoms with E-state index in [1.54, 1.807) is 0 Å². The highest BCUT2D eigenvalue weighted by molar-refractivity contribution is 4.91. The van der Waals surface area contributed by atoms with Crippen molar-refractivity contribution < 1.29 is 0 Å². The van der Waals surface area contributed by atoms with Crippen molar-refractivity contribution >= 4 is 0 Å². The maximum Gasteiger partial charge on any atom is 0.0964 e. The number of nitrogens with one attached hydrogen (secondary N) is 1. The molecule has 1 aliphatic rings. The topological polar surface area (TPSA) is 46.0 Å². The van der Waals surface area contributed by atoms with Crippen LogP contribution in [0.4, 0.5) is 0 Å². The van der Waals surface area contributed by atoms with Gasteiger partial charge in [-0.1, -0.05) is 38.3 Å². The molecule has 1 fully saturated rings. The number of rotatable bonds is 9. The molecule has 1 aromatic rings. The van der Waals surface area contributed by atoms with E-state index in [1.165, 1.54) is 32.1 Å². The Morgan fingerprint density at radius 1 is 1.29 bits per heavy atom. The SMILES string of the molecule is CCCNCc1cn(CCN(CC)C2CCCCC2)nn1. The predicted octanol–water partition coefficient (Wildman–Crippen LogP) is 2.43. The minimum Gasteiger partial charge on any atom is -0.311 e. The van der Waals surface area contributed by atoms with E-state index in [9.17, 15) is 0 Å². The summed E-state index contributed by atoms with van der Waals surface area (Å²) < 4.78 is 1.99. The van der Waals surface area contributed by atoms with Crippen LogP contribution in [0, 0.1) is 0 Å². The first-order valence-electron chi connectivity index (χ1n) is 8.67. The lowest BCUT2D eigenvalue weighted by Crippen LogP contribution is -2.38. The molecule has 120 valence electrons. The molecule has 1 aromatic heterocycles. The van der Waals surface area contributed by atoms with Gasteiger partial charge in [0.15, 0.2) is 0 Å². The van der Waals surface area contributed by atoms with E-state index in [2.05, 4.69) is 40.6 Å². The van der Waals surface area contributed by atoms with Gasteiger partial charge >= 0.3 is 0 Å².